The van der Waals surface area contributed by atoms with Gasteiger partial charge < -0.3 is 4.74 Å². The predicted molar refractivity (Wildman–Crippen MR) is 158 cm³/mol. The Morgan fingerprint density at radius 3 is 2.31 bits per heavy atom. The molecule has 1 unspecified atom stereocenters. The first-order valence-electron chi connectivity index (χ1n) is 12.8. The van der Waals surface area contributed by atoms with Gasteiger partial charge in [-0.2, -0.15) is 0 Å². The summed E-state index contributed by atoms with van der Waals surface area (Å²) in [6.45, 7) is 12.7. The molecule has 0 radical (unpaired) electrons. The summed E-state index contributed by atoms with van der Waals surface area (Å²) in [6, 6.07) is 28.4. The molecule has 0 saturated carbocycles. The highest BCUT2D eigenvalue weighted by molar-refractivity contribution is 7.18. The van der Waals surface area contributed by atoms with Crippen LogP contribution in [0.4, 0.5) is 0 Å². The summed E-state index contributed by atoms with van der Waals surface area (Å²) in [4.78, 5) is 4.83. The molecule has 1 aliphatic rings. The van der Waals surface area contributed by atoms with Crippen LogP contribution in [0, 0.1) is 0 Å². The van der Waals surface area contributed by atoms with Crippen molar-refractivity contribution in [2.45, 2.75) is 52.3 Å². The van der Waals surface area contributed by atoms with Crippen molar-refractivity contribution in [3.8, 4) is 28.0 Å². The van der Waals surface area contributed by atoms with Crippen LogP contribution in [-0.4, -0.2) is 10.3 Å². The van der Waals surface area contributed by atoms with E-state index in [4.69, 9.17) is 9.72 Å². The lowest BCUT2D eigenvalue weighted by atomic mass is 9.81. The fourth-order valence-electron chi connectivity index (χ4n) is 5.45. The normalized spacial score (nSPS) is 13.6. The number of ether oxygens (including phenoxy) is 1. The number of pyridine rings is 1. The molecule has 3 heteroatoms. The molecule has 6 rings (SSSR count). The Balaban J connectivity index is 0.00000130. The lowest BCUT2D eigenvalue weighted by Gasteiger charge is -2.23. The molecule has 0 fully saturated rings. The molecule has 0 bridgehead atoms. The van der Waals surface area contributed by atoms with E-state index in [0.29, 0.717) is 0 Å². The highest BCUT2D eigenvalue weighted by Crippen LogP contribution is 2.50. The van der Waals surface area contributed by atoms with Gasteiger partial charge in [0.1, 0.15) is 11.1 Å². The third kappa shape index (κ3) is 3.98. The summed E-state index contributed by atoms with van der Waals surface area (Å²) in [5.74, 6) is 0.860. The average molecular weight is 492 g/mol. The Kier molecular flexibility index (Phi) is 6.13. The van der Waals surface area contributed by atoms with Crippen LogP contribution in [0.3, 0.4) is 0 Å². The minimum Gasteiger partial charge on any atom is -0.483 e. The predicted octanol–water partition coefficient (Wildman–Crippen LogP) is 9.38. The molecular formula is C33H34NOP. The molecule has 0 amide bonds. The summed E-state index contributed by atoms with van der Waals surface area (Å²) in [5.41, 5.74) is 8.83. The number of aromatic nitrogens is 1. The Bertz CT molecular complexity index is 1590. The van der Waals surface area contributed by atoms with Crippen molar-refractivity contribution < 1.29 is 4.74 Å². The molecule has 1 aromatic heterocycles. The standard InChI is InChI=1S/C31H28NOP.C2H6/c1-30(2)25-10-6-5-9-22(25)23-14-13-20(18-26(23)30)21-16-17-32-29-24(21)15-12-19-8-7-11-27(28(19)29)33-31(3,4)34;1-2/h5-18H,34H2,1-4H3;1-2H3. The van der Waals surface area contributed by atoms with E-state index < -0.39 is 0 Å². The van der Waals surface area contributed by atoms with Crippen LogP contribution in [0.2, 0.25) is 0 Å². The summed E-state index contributed by atoms with van der Waals surface area (Å²) in [6.07, 6.45) is 1.92. The summed E-state index contributed by atoms with van der Waals surface area (Å²) in [7, 11) is 2.77. The van der Waals surface area contributed by atoms with Crippen LogP contribution in [0.5, 0.6) is 5.75 Å². The Hall–Kier alpha value is -3.22. The Morgan fingerprint density at radius 2 is 1.53 bits per heavy atom. The molecule has 0 spiro atoms. The van der Waals surface area contributed by atoms with Gasteiger partial charge in [-0.25, -0.2) is 0 Å². The lowest BCUT2D eigenvalue weighted by Crippen LogP contribution is -2.18. The number of hydrogen-bond donors (Lipinski definition) is 0. The van der Waals surface area contributed by atoms with Crippen LogP contribution in [0.25, 0.3) is 43.9 Å². The van der Waals surface area contributed by atoms with Gasteiger partial charge in [-0.1, -0.05) is 97.6 Å². The fraction of sp³-hybridized carbons (Fsp3) is 0.242. The van der Waals surface area contributed by atoms with Gasteiger partial charge in [0.05, 0.1) is 10.9 Å². The molecule has 0 saturated heterocycles. The quantitative estimate of drug-likeness (QED) is 0.185. The summed E-state index contributed by atoms with van der Waals surface area (Å²) in [5, 5.41) is 2.97. The zero-order valence-electron chi connectivity index (χ0n) is 22.0. The van der Waals surface area contributed by atoms with Gasteiger partial charge in [-0.05, 0) is 70.8 Å². The van der Waals surface area contributed by atoms with Crippen LogP contribution < -0.4 is 4.74 Å². The highest BCUT2D eigenvalue weighted by atomic mass is 31.0. The van der Waals surface area contributed by atoms with Gasteiger partial charge in [0.15, 0.2) is 0 Å². The molecule has 182 valence electrons. The smallest absolute Gasteiger partial charge is 0.130 e. The minimum atomic E-state index is -0.366. The molecule has 0 N–H and O–H groups in total. The molecule has 36 heavy (non-hydrogen) atoms. The molecule has 4 aromatic carbocycles. The van der Waals surface area contributed by atoms with E-state index in [0.717, 1.165) is 27.4 Å². The van der Waals surface area contributed by atoms with Crippen molar-refractivity contribution in [1.29, 1.82) is 0 Å². The van der Waals surface area contributed by atoms with Gasteiger partial charge >= 0.3 is 0 Å². The topological polar surface area (TPSA) is 22.1 Å². The second kappa shape index (κ2) is 9.02. The van der Waals surface area contributed by atoms with Crippen molar-refractivity contribution in [3.63, 3.8) is 0 Å². The molecule has 1 aliphatic carbocycles. The highest BCUT2D eigenvalue weighted by Gasteiger charge is 2.35. The number of rotatable bonds is 3. The molecule has 5 aromatic rings. The zero-order valence-corrected chi connectivity index (χ0v) is 23.2. The van der Waals surface area contributed by atoms with Gasteiger partial charge in [0.25, 0.3) is 0 Å². The summed E-state index contributed by atoms with van der Waals surface area (Å²) >= 11 is 0. The first-order valence-corrected chi connectivity index (χ1v) is 13.3. The second-order valence-electron chi connectivity index (χ2n) is 10.3. The zero-order chi connectivity index (χ0) is 25.7. The Labute approximate surface area is 216 Å². The average Bonchev–Trinajstić information content (AvgIpc) is 3.10. The molecule has 1 heterocycles. The van der Waals surface area contributed by atoms with Gasteiger partial charge in [-0.3, -0.25) is 4.98 Å². The largest absolute Gasteiger partial charge is 0.483 e. The maximum Gasteiger partial charge on any atom is 0.130 e. The maximum absolute atomic E-state index is 6.32. The lowest BCUT2D eigenvalue weighted by molar-refractivity contribution is 0.209. The summed E-state index contributed by atoms with van der Waals surface area (Å²) < 4.78 is 6.32. The maximum atomic E-state index is 6.32. The first kappa shape index (κ1) is 24.5. The third-order valence-electron chi connectivity index (χ3n) is 6.98. The fourth-order valence-corrected chi connectivity index (χ4v) is 5.57. The number of nitrogens with zero attached hydrogens (tertiary/aromatic N) is 1. The molecule has 2 nitrogen and oxygen atoms in total. The SMILES string of the molecule is CC.CC(C)(P)Oc1cccc2ccc3c(-c4ccc5c(c4)C(C)(C)c4ccccc4-5)ccnc3c12. The van der Waals surface area contributed by atoms with Crippen LogP contribution in [0.1, 0.15) is 52.7 Å². The molecule has 1 atom stereocenters. The van der Waals surface area contributed by atoms with E-state index in [1.54, 1.807) is 0 Å². The van der Waals surface area contributed by atoms with E-state index in [1.807, 2.05) is 46.0 Å². The van der Waals surface area contributed by atoms with E-state index in [9.17, 15) is 0 Å². The van der Waals surface area contributed by atoms with Crippen molar-refractivity contribution in [1.82, 2.24) is 4.98 Å². The number of benzene rings is 4. The number of hydrogen-bond acceptors (Lipinski definition) is 2. The monoisotopic (exact) mass is 491 g/mol. The van der Waals surface area contributed by atoms with Gasteiger partial charge in [0.2, 0.25) is 0 Å². The van der Waals surface area contributed by atoms with E-state index >= 15 is 0 Å². The van der Waals surface area contributed by atoms with Crippen molar-refractivity contribution in [2.24, 2.45) is 0 Å². The number of fused-ring (bicyclic) bond motifs is 6. The van der Waals surface area contributed by atoms with E-state index in [1.165, 1.54) is 33.4 Å². The van der Waals surface area contributed by atoms with Gasteiger partial charge in [-0.15, -0.1) is 0 Å². The van der Waals surface area contributed by atoms with Crippen molar-refractivity contribution in [3.05, 3.63) is 96.2 Å². The second-order valence-corrected chi connectivity index (χ2v) is 11.7. The molecule has 0 aliphatic heterocycles. The van der Waals surface area contributed by atoms with Crippen LogP contribution in [-0.2, 0) is 5.41 Å². The minimum absolute atomic E-state index is 0.0249. The van der Waals surface area contributed by atoms with Crippen LogP contribution in [0.15, 0.2) is 85.1 Å². The van der Waals surface area contributed by atoms with Crippen LogP contribution >= 0.6 is 9.24 Å². The molecular weight excluding hydrogens is 457 g/mol. The van der Waals surface area contributed by atoms with Gasteiger partial charge in [0, 0.05) is 17.0 Å². The third-order valence-corrected chi connectivity index (χ3v) is 7.10. The first-order chi connectivity index (χ1) is 17.2. The van der Waals surface area contributed by atoms with Crippen molar-refractivity contribution in [2.75, 3.05) is 0 Å². The van der Waals surface area contributed by atoms with E-state index in [-0.39, 0.29) is 10.8 Å². The van der Waals surface area contributed by atoms with E-state index in [2.05, 4.69) is 89.8 Å². The van der Waals surface area contributed by atoms with Crippen molar-refractivity contribution >= 4 is 30.9 Å². The Morgan fingerprint density at radius 1 is 0.778 bits per heavy atom.